The monoisotopic (exact) mass is 353 g/mol. The van der Waals surface area contributed by atoms with Crippen LogP contribution in [-0.4, -0.2) is 54.2 Å². The number of carboxylic acid groups (broad SMARTS) is 1. The second-order valence-corrected chi connectivity index (χ2v) is 7.17. The van der Waals surface area contributed by atoms with Gasteiger partial charge in [0.05, 0.1) is 24.9 Å². The number of carbonyl (C=O) groups excluding carboxylic acids is 1. The molecule has 0 radical (unpaired) electrons. The molecule has 1 heterocycles. The number of ether oxygens (including phenoxy) is 2. The predicted molar refractivity (Wildman–Crippen MR) is 91.5 cm³/mol. The average molecular weight is 353 g/mol. The quantitative estimate of drug-likeness (QED) is 0.697. The molecular weight excluding hydrogens is 330 g/mol. The molecule has 1 aromatic carbocycles. The predicted octanol–water partition coefficient (Wildman–Crippen LogP) is 2.18. The summed E-state index contributed by atoms with van der Waals surface area (Å²) in [7, 11) is 0. The standard InChI is InChI=1S/C17H23NO5S/c1-11(9-23-13-7-8-22-10-13)18-16(19)14-5-3-4-6-15(14)24-12(2)17(20)21/h3-6,11-13H,7-10H2,1-2H3,(H,18,19)(H,20,21). The molecular formula is C17H23NO5S. The highest BCUT2D eigenvalue weighted by Gasteiger charge is 2.20. The molecule has 1 saturated heterocycles. The van der Waals surface area contributed by atoms with Crippen LogP contribution in [0.2, 0.25) is 0 Å². The van der Waals surface area contributed by atoms with Crippen LogP contribution in [-0.2, 0) is 14.3 Å². The molecule has 2 rings (SSSR count). The Kier molecular flexibility index (Phi) is 7.08. The Morgan fingerprint density at radius 1 is 1.42 bits per heavy atom. The molecule has 1 aliphatic rings. The van der Waals surface area contributed by atoms with Crippen LogP contribution in [0.15, 0.2) is 29.2 Å². The molecule has 2 N–H and O–H groups in total. The molecule has 6 nitrogen and oxygen atoms in total. The van der Waals surface area contributed by atoms with E-state index in [0.29, 0.717) is 23.7 Å². The van der Waals surface area contributed by atoms with Gasteiger partial charge < -0.3 is 19.9 Å². The summed E-state index contributed by atoms with van der Waals surface area (Å²) >= 11 is 1.16. The van der Waals surface area contributed by atoms with Crippen molar-refractivity contribution in [1.29, 1.82) is 0 Å². The van der Waals surface area contributed by atoms with Crippen molar-refractivity contribution in [3.63, 3.8) is 0 Å². The molecule has 7 heteroatoms. The third-order valence-corrected chi connectivity index (χ3v) is 4.80. The number of nitrogens with one attached hydrogen (secondary N) is 1. The molecule has 3 unspecified atom stereocenters. The van der Waals surface area contributed by atoms with Crippen molar-refractivity contribution in [3.05, 3.63) is 29.8 Å². The van der Waals surface area contributed by atoms with E-state index in [1.165, 1.54) is 0 Å². The number of carboxylic acids is 1. The lowest BCUT2D eigenvalue weighted by Crippen LogP contribution is -2.37. The molecule has 1 amide bonds. The minimum atomic E-state index is -0.907. The van der Waals surface area contributed by atoms with E-state index in [-0.39, 0.29) is 18.1 Å². The van der Waals surface area contributed by atoms with Crippen LogP contribution < -0.4 is 5.32 Å². The highest BCUT2D eigenvalue weighted by Crippen LogP contribution is 2.27. The van der Waals surface area contributed by atoms with Crippen molar-refractivity contribution in [2.45, 2.75) is 42.6 Å². The molecule has 1 aromatic rings. The van der Waals surface area contributed by atoms with E-state index < -0.39 is 11.2 Å². The largest absolute Gasteiger partial charge is 0.480 e. The van der Waals surface area contributed by atoms with Crippen LogP contribution >= 0.6 is 11.8 Å². The van der Waals surface area contributed by atoms with Crippen LogP contribution in [0.1, 0.15) is 30.6 Å². The maximum atomic E-state index is 12.5. The summed E-state index contributed by atoms with van der Waals surface area (Å²) in [6.07, 6.45) is 0.983. The summed E-state index contributed by atoms with van der Waals surface area (Å²) in [6, 6.07) is 6.87. The second-order valence-electron chi connectivity index (χ2n) is 5.79. The van der Waals surface area contributed by atoms with Gasteiger partial charge in [-0.3, -0.25) is 9.59 Å². The summed E-state index contributed by atoms with van der Waals surface area (Å²) in [5.41, 5.74) is 0.478. The van der Waals surface area contributed by atoms with E-state index >= 15 is 0 Å². The van der Waals surface area contributed by atoms with Crippen molar-refractivity contribution in [2.24, 2.45) is 0 Å². The van der Waals surface area contributed by atoms with Gasteiger partial charge in [0.15, 0.2) is 0 Å². The number of rotatable bonds is 8. The molecule has 0 spiro atoms. The number of hydrogen-bond acceptors (Lipinski definition) is 5. The number of thioether (sulfide) groups is 1. The van der Waals surface area contributed by atoms with E-state index in [1.54, 1.807) is 31.2 Å². The second kappa shape index (κ2) is 9.05. The molecule has 24 heavy (non-hydrogen) atoms. The van der Waals surface area contributed by atoms with Crippen molar-refractivity contribution in [3.8, 4) is 0 Å². The molecule has 0 aromatic heterocycles. The zero-order valence-electron chi connectivity index (χ0n) is 13.9. The smallest absolute Gasteiger partial charge is 0.316 e. The number of aliphatic carboxylic acids is 1. The first kappa shape index (κ1) is 18.8. The molecule has 132 valence electrons. The number of hydrogen-bond donors (Lipinski definition) is 2. The summed E-state index contributed by atoms with van der Waals surface area (Å²) in [5, 5.41) is 11.3. The number of carbonyl (C=O) groups is 2. The van der Waals surface area contributed by atoms with Gasteiger partial charge in [0, 0.05) is 17.5 Å². The number of benzene rings is 1. The van der Waals surface area contributed by atoms with Crippen molar-refractivity contribution >= 4 is 23.6 Å². The zero-order valence-corrected chi connectivity index (χ0v) is 14.7. The first-order valence-corrected chi connectivity index (χ1v) is 8.84. The lowest BCUT2D eigenvalue weighted by molar-refractivity contribution is -0.136. The maximum Gasteiger partial charge on any atom is 0.316 e. The minimum absolute atomic E-state index is 0.101. The van der Waals surface area contributed by atoms with Gasteiger partial charge in [-0.05, 0) is 32.4 Å². The minimum Gasteiger partial charge on any atom is -0.480 e. The van der Waals surface area contributed by atoms with Gasteiger partial charge in [-0.15, -0.1) is 11.8 Å². The maximum absolute atomic E-state index is 12.5. The summed E-state index contributed by atoms with van der Waals surface area (Å²) < 4.78 is 11.0. The highest BCUT2D eigenvalue weighted by molar-refractivity contribution is 8.00. The number of amides is 1. The van der Waals surface area contributed by atoms with Gasteiger partial charge in [0.1, 0.15) is 5.25 Å². The normalized spacial score (nSPS) is 19.7. The average Bonchev–Trinajstić information content (AvgIpc) is 3.06. The lowest BCUT2D eigenvalue weighted by Gasteiger charge is -2.18. The Morgan fingerprint density at radius 2 is 2.17 bits per heavy atom. The molecule has 0 saturated carbocycles. The first-order valence-electron chi connectivity index (χ1n) is 7.96. The Morgan fingerprint density at radius 3 is 2.83 bits per heavy atom. The lowest BCUT2D eigenvalue weighted by atomic mass is 10.2. The molecule has 0 aliphatic carbocycles. The van der Waals surface area contributed by atoms with Gasteiger partial charge in [-0.2, -0.15) is 0 Å². The van der Waals surface area contributed by atoms with Crippen molar-refractivity contribution < 1.29 is 24.2 Å². The van der Waals surface area contributed by atoms with E-state index in [4.69, 9.17) is 14.6 Å². The van der Waals surface area contributed by atoms with Crippen LogP contribution in [0.4, 0.5) is 0 Å². The Balaban J connectivity index is 1.92. The third kappa shape index (κ3) is 5.51. The fraction of sp³-hybridized carbons (Fsp3) is 0.529. The van der Waals surface area contributed by atoms with Gasteiger partial charge in [-0.25, -0.2) is 0 Å². The molecule has 1 aliphatic heterocycles. The molecule has 1 fully saturated rings. The molecule has 3 atom stereocenters. The zero-order chi connectivity index (χ0) is 17.5. The molecule has 0 bridgehead atoms. The van der Waals surface area contributed by atoms with Gasteiger partial charge in [0.25, 0.3) is 5.91 Å². The highest BCUT2D eigenvalue weighted by atomic mass is 32.2. The van der Waals surface area contributed by atoms with Crippen LogP contribution in [0.5, 0.6) is 0 Å². The van der Waals surface area contributed by atoms with Crippen molar-refractivity contribution in [1.82, 2.24) is 5.32 Å². The van der Waals surface area contributed by atoms with E-state index in [0.717, 1.165) is 24.8 Å². The van der Waals surface area contributed by atoms with Gasteiger partial charge >= 0.3 is 5.97 Å². The van der Waals surface area contributed by atoms with Crippen LogP contribution in [0.25, 0.3) is 0 Å². The summed E-state index contributed by atoms with van der Waals surface area (Å²) in [4.78, 5) is 24.2. The Hall–Kier alpha value is -1.57. The SMILES string of the molecule is CC(COC1CCOC1)NC(=O)c1ccccc1SC(C)C(=O)O. The summed E-state index contributed by atoms with van der Waals surface area (Å²) in [6.45, 7) is 5.22. The fourth-order valence-electron chi connectivity index (χ4n) is 2.27. The fourth-order valence-corrected chi connectivity index (χ4v) is 3.19. The van der Waals surface area contributed by atoms with E-state index in [2.05, 4.69) is 5.32 Å². The third-order valence-electron chi connectivity index (χ3n) is 3.63. The Bertz CT molecular complexity index is 574. The summed E-state index contributed by atoms with van der Waals surface area (Å²) in [5.74, 6) is -1.13. The van der Waals surface area contributed by atoms with Crippen LogP contribution in [0, 0.1) is 0 Å². The Labute approximate surface area is 145 Å². The van der Waals surface area contributed by atoms with Crippen molar-refractivity contribution in [2.75, 3.05) is 19.8 Å². The van der Waals surface area contributed by atoms with Gasteiger partial charge in [0.2, 0.25) is 0 Å². The topological polar surface area (TPSA) is 84.9 Å². The van der Waals surface area contributed by atoms with Gasteiger partial charge in [-0.1, -0.05) is 12.1 Å². The van der Waals surface area contributed by atoms with E-state index in [1.807, 2.05) is 6.92 Å². The van der Waals surface area contributed by atoms with Crippen LogP contribution in [0.3, 0.4) is 0 Å². The van der Waals surface area contributed by atoms with E-state index in [9.17, 15) is 9.59 Å². The first-order chi connectivity index (χ1) is 11.5.